The van der Waals surface area contributed by atoms with Gasteiger partial charge in [-0.15, -0.1) is 0 Å². The van der Waals surface area contributed by atoms with Gasteiger partial charge in [-0.2, -0.15) is 0 Å². The predicted octanol–water partition coefficient (Wildman–Crippen LogP) is 14.9. The SMILES string of the molecule is CCCCc1ccc(-c2ccc(-c3ccc4c(c3)C(CCC)(CCC)c3cc(-c5ccc(-c6ccc(CCCC)cc6)cc5)ccc3-4)cc2)cc1. The summed E-state index contributed by atoms with van der Waals surface area (Å²) in [4.78, 5) is 0. The van der Waals surface area contributed by atoms with Gasteiger partial charge >= 0.3 is 0 Å². The lowest BCUT2D eigenvalue weighted by Crippen LogP contribution is -2.25. The van der Waals surface area contributed by atoms with E-state index in [0.717, 1.165) is 25.7 Å². The molecule has 0 atom stereocenters. The first-order valence-corrected chi connectivity index (χ1v) is 19.8. The van der Waals surface area contributed by atoms with E-state index in [1.165, 1.54) is 116 Å². The maximum absolute atomic E-state index is 2.53. The third kappa shape index (κ3) is 7.12. The van der Waals surface area contributed by atoms with Gasteiger partial charge < -0.3 is 0 Å². The van der Waals surface area contributed by atoms with Crippen molar-refractivity contribution < 1.29 is 0 Å². The Bertz CT molecular complexity index is 1890. The second kappa shape index (κ2) is 15.7. The summed E-state index contributed by atoms with van der Waals surface area (Å²) in [7, 11) is 0. The van der Waals surface area contributed by atoms with Crippen LogP contribution in [0, 0.1) is 0 Å². The molecule has 6 aromatic rings. The fourth-order valence-electron chi connectivity index (χ4n) is 8.57. The summed E-state index contributed by atoms with van der Waals surface area (Å²) in [5.74, 6) is 0. The first-order valence-electron chi connectivity index (χ1n) is 19.8. The molecule has 0 saturated carbocycles. The van der Waals surface area contributed by atoms with Crippen LogP contribution in [0.3, 0.4) is 0 Å². The van der Waals surface area contributed by atoms with Gasteiger partial charge in [0.05, 0.1) is 0 Å². The molecule has 0 unspecified atom stereocenters. The van der Waals surface area contributed by atoms with Gasteiger partial charge in [-0.05, 0) is 129 Å². The molecular formula is C51H54. The average molecular weight is 667 g/mol. The Morgan fingerprint density at radius 3 is 0.941 bits per heavy atom. The molecule has 7 rings (SSSR count). The highest BCUT2D eigenvalue weighted by Crippen LogP contribution is 2.55. The summed E-state index contributed by atoms with van der Waals surface area (Å²) in [5.41, 5.74) is 19.1. The highest BCUT2D eigenvalue weighted by Gasteiger charge is 2.42. The van der Waals surface area contributed by atoms with E-state index in [9.17, 15) is 0 Å². The molecule has 258 valence electrons. The van der Waals surface area contributed by atoms with Gasteiger partial charge in [-0.1, -0.05) is 175 Å². The van der Waals surface area contributed by atoms with Crippen molar-refractivity contribution in [3.8, 4) is 55.6 Å². The minimum absolute atomic E-state index is 0.0269. The lowest BCUT2D eigenvalue weighted by atomic mass is 9.71. The third-order valence-corrected chi connectivity index (χ3v) is 11.4. The molecule has 0 saturated heterocycles. The molecule has 0 N–H and O–H groups in total. The summed E-state index contributed by atoms with van der Waals surface area (Å²) in [5, 5.41) is 0. The van der Waals surface area contributed by atoms with Gasteiger partial charge in [0.1, 0.15) is 0 Å². The smallest absolute Gasteiger partial charge is 0.0215 e. The largest absolute Gasteiger partial charge is 0.0654 e. The summed E-state index contributed by atoms with van der Waals surface area (Å²) in [6, 6.07) is 51.3. The number of benzene rings is 6. The van der Waals surface area contributed by atoms with Crippen LogP contribution in [0.4, 0.5) is 0 Å². The molecule has 0 bridgehead atoms. The zero-order valence-electron chi connectivity index (χ0n) is 31.3. The zero-order valence-corrected chi connectivity index (χ0v) is 31.3. The third-order valence-electron chi connectivity index (χ3n) is 11.4. The topological polar surface area (TPSA) is 0 Å². The Kier molecular flexibility index (Phi) is 10.7. The van der Waals surface area contributed by atoms with Crippen molar-refractivity contribution in [2.75, 3.05) is 0 Å². The number of rotatable bonds is 14. The van der Waals surface area contributed by atoms with Crippen molar-refractivity contribution >= 4 is 0 Å². The lowest BCUT2D eigenvalue weighted by Gasteiger charge is -2.32. The molecule has 0 amide bonds. The normalized spacial score (nSPS) is 12.9. The van der Waals surface area contributed by atoms with Crippen LogP contribution in [0.2, 0.25) is 0 Å². The van der Waals surface area contributed by atoms with E-state index < -0.39 is 0 Å². The molecule has 0 aliphatic heterocycles. The molecule has 1 aliphatic rings. The summed E-state index contributed by atoms with van der Waals surface area (Å²) >= 11 is 0. The Hall–Kier alpha value is -4.68. The molecule has 0 spiro atoms. The van der Waals surface area contributed by atoms with Gasteiger partial charge in [-0.3, -0.25) is 0 Å². The standard InChI is InChI=1S/C51H54/c1-5-9-11-37-13-17-39(18-14-37)41-21-25-43(26-22-41)45-29-31-47-48-32-30-46(36-50(48)51(33-7-3,34-8-4)49(47)35-45)44-27-23-42(24-28-44)40-19-15-38(16-20-40)12-10-6-2/h13-32,35-36H,5-12,33-34H2,1-4H3. The molecule has 0 heteroatoms. The fourth-order valence-corrected chi connectivity index (χ4v) is 8.57. The summed E-state index contributed by atoms with van der Waals surface area (Å²) in [6.07, 6.45) is 11.9. The maximum atomic E-state index is 2.53. The number of hydrogen-bond acceptors (Lipinski definition) is 0. The van der Waals surface area contributed by atoms with Gasteiger partial charge in [0.2, 0.25) is 0 Å². The van der Waals surface area contributed by atoms with Crippen molar-refractivity contribution in [3.05, 3.63) is 156 Å². The molecule has 0 radical (unpaired) electrons. The van der Waals surface area contributed by atoms with Crippen molar-refractivity contribution in [2.45, 2.75) is 97.3 Å². The van der Waals surface area contributed by atoms with Crippen LogP contribution in [-0.2, 0) is 18.3 Å². The predicted molar refractivity (Wildman–Crippen MR) is 221 cm³/mol. The maximum Gasteiger partial charge on any atom is 0.0215 e. The van der Waals surface area contributed by atoms with Crippen LogP contribution in [0.1, 0.15) is 101 Å². The molecule has 0 fully saturated rings. The Morgan fingerprint density at radius 2 is 0.627 bits per heavy atom. The molecule has 0 heterocycles. The molecular weight excluding hydrogens is 613 g/mol. The van der Waals surface area contributed by atoms with Crippen LogP contribution in [-0.4, -0.2) is 0 Å². The van der Waals surface area contributed by atoms with Crippen molar-refractivity contribution in [2.24, 2.45) is 0 Å². The van der Waals surface area contributed by atoms with Gasteiger partial charge in [0, 0.05) is 5.41 Å². The van der Waals surface area contributed by atoms with Gasteiger partial charge in [0.25, 0.3) is 0 Å². The summed E-state index contributed by atoms with van der Waals surface area (Å²) in [6.45, 7) is 9.23. The first-order chi connectivity index (χ1) is 25.1. The van der Waals surface area contributed by atoms with Crippen LogP contribution in [0.15, 0.2) is 133 Å². The van der Waals surface area contributed by atoms with E-state index in [0.29, 0.717) is 0 Å². The van der Waals surface area contributed by atoms with Crippen LogP contribution in [0.25, 0.3) is 55.6 Å². The number of hydrogen-bond donors (Lipinski definition) is 0. The minimum Gasteiger partial charge on any atom is -0.0654 e. The van der Waals surface area contributed by atoms with E-state index in [2.05, 4.69) is 161 Å². The molecule has 0 aromatic heterocycles. The first kappa shape index (κ1) is 34.8. The molecule has 0 nitrogen and oxygen atoms in total. The molecule has 1 aliphatic carbocycles. The van der Waals surface area contributed by atoms with E-state index in [4.69, 9.17) is 0 Å². The van der Waals surface area contributed by atoms with Gasteiger partial charge in [0.15, 0.2) is 0 Å². The lowest BCUT2D eigenvalue weighted by molar-refractivity contribution is 0.436. The van der Waals surface area contributed by atoms with Crippen LogP contribution in [0.5, 0.6) is 0 Å². The van der Waals surface area contributed by atoms with Gasteiger partial charge in [-0.25, -0.2) is 0 Å². The Balaban J connectivity index is 1.17. The number of aryl methyl sites for hydroxylation is 2. The highest BCUT2D eigenvalue weighted by molar-refractivity contribution is 5.86. The Labute approximate surface area is 307 Å². The average Bonchev–Trinajstić information content (AvgIpc) is 3.45. The van der Waals surface area contributed by atoms with E-state index in [1.54, 1.807) is 0 Å². The van der Waals surface area contributed by atoms with Crippen molar-refractivity contribution in [1.29, 1.82) is 0 Å². The van der Waals surface area contributed by atoms with E-state index in [1.807, 2.05) is 0 Å². The monoisotopic (exact) mass is 666 g/mol. The highest BCUT2D eigenvalue weighted by atomic mass is 14.4. The van der Waals surface area contributed by atoms with E-state index in [-0.39, 0.29) is 5.41 Å². The zero-order chi connectivity index (χ0) is 35.2. The number of fused-ring (bicyclic) bond motifs is 3. The number of unbranched alkanes of at least 4 members (excludes halogenated alkanes) is 2. The minimum atomic E-state index is 0.0269. The second-order valence-electron chi connectivity index (χ2n) is 14.9. The fraction of sp³-hybridized carbons (Fsp3) is 0.294. The van der Waals surface area contributed by atoms with Crippen molar-refractivity contribution in [1.82, 2.24) is 0 Å². The van der Waals surface area contributed by atoms with E-state index >= 15 is 0 Å². The second-order valence-corrected chi connectivity index (χ2v) is 14.9. The molecule has 6 aromatic carbocycles. The summed E-state index contributed by atoms with van der Waals surface area (Å²) < 4.78 is 0. The van der Waals surface area contributed by atoms with Crippen molar-refractivity contribution in [3.63, 3.8) is 0 Å². The Morgan fingerprint density at radius 1 is 0.333 bits per heavy atom. The molecule has 51 heavy (non-hydrogen) atoms. The quantitative estimate of drug-likeness (QED) is 0.109. The van der Waals surface area contributed by atoms with Crippen LogP contribution >= 0.6 is 0 Å². The van der Waals surface area contributed by atoms with Crippen LogP contribution < -0.4 is 0 Å².